The Bertz CT molecular complexity index is 362. The van der Waals surface area contributed by atoms with Gasteiger partial charge in [-0.1, -0.05) is 44.2 Å². The Labute approximate surface area is 103 Å². The summed E-state index contributed by atoms with van der Waals surface area (Å²) in [5.41, 5.74) is 6.34. The molecule has 0 saturated carbocycles. The molecule has 0 fully saturated rings. The van der Waals surface area contributed by atoms with E-state index in [9.17, 15) is 4.79 Å². The van der Waals surface area contributed by atoms with Crippen molar-refractivity contribution >= 4 is 5.97 Å². The number of methoxy groups -OCH3 is 1. The van der Waals surface area contributed by atoms with Gasteiger partial charge in [0.15, 0.2) is 0 Å². The summed E-state index contributed by atoms with van der Waals surface area (Å²) in [5.74, 6) is 0.0119. The molecule has 1 unspecified atom stereocenters. The van der Waals surface area contributed by atoms with Crippen molar-refractivity contribution in [2.45, 2.75) is 32.2 Å². The van der Waals surface area contributed by atoms with Gasteiger partial charge in [-0.05, 0) is 17.9 Å². The molecule has 1 atom stereocenters. The second kappa shape index (κ2) is 5.82. The highest BCUT2D eigenvalue weighted by Gasteiger charge is 2.35. The zero-order valence-corrected chi connectivity index (χ0v) is 10.8. The minimum atomic E-state index is -0.926. The van der Waals surface area contributed by atoms with Crippen LogP contribution in [0.25, 0.3) is 0 Å². The van der Waals surface area contributed by atoms with Crippen molar-refractivity contribution in [3.8, 4) is 0 Å². The molecule has 0 spiro atoms. The Hall–Kier alpha value is -1.35. The largest absolute Gasteiger partial charge is 0.468 e. The molecule has 1 rings (SSSR count). The van der Waals surface area contributed by atoms with Crippen LogP contribution in [-0.4, -0.2) is 18.6 Å². The SMILES string of the molecule is COC(=O)C(N)(Cc1ccccc1)CC(C)C. The van der Waals surface area contributed by atoms with Gasteiger partial charge in [-0.25, -0.2) is 0 Å². The van der Waals surface area contributed by atoms with Crippen LogP contribution in [0.2, 0.25) is 0 Å². The van der Waals surface area contributed by atoms with Crippen LogP contribution in [0.5, 0.6) is 0 Å². The van der Waals surface area contributed by atoms with E-state index >= 15 is 0 Å². The van der Waals surface area contributed by atoms with Crippen LogP contribution in [0.1, 0.15) is 25.8 Å². The summed E-state index contributed by atoms with van der Waals surface area (Å²) in [7, 11) is 1.38. The number of hydrogen-bond acceptors (Lipinski definition) is 3. The molecule has 1 aromatic rings. The minimum absolute atomic E-state index is 0.338. The van der Waals surface area contributed by atoms with Crippen molar-refractivity contribution in [2.75, 3.05) is 7.11 Å². The van der Waals surface area contributed by atoms with E-state index in [0.717, 1.165) is 5.56 Å². The van der Waals surface area contributed by atoms with Gasteiger partial charge >= 0.3 is 5.97 Å². The number of hydrogen-bond donors (Lipinski definition) is 1. The van der Waals surface area contributed by atoms with Gasteiger partial charge < -0.3 is 10.5 Å². The van der Waals surface area contributed by atoms with E-state index in [-0.39, 0.29) is 5.97 Å². The number of rotatable bonds is 5. The second-order valence-electron chi connectivity index (χ2n) is 4.91. The highest BCUT2D eigenvalue weighted by molar-refractivity contribution is 5.80. The lowest BCUT2D eigenvalue weighted by atomic mass is 9.84. The Morgan fingerprint density at radius 2 is 1.94 bits per heavy atom. The zero-order valence-electron chi connectivity index (χ0n) is 10.8. The molecule has 2 N–H and O–H groups in total. The Morgan fingerprint density at radius 1 is 1.35 bits per heavy atom. The van der Waals surface area contributed by atoms with Crippen molar-refractivity contribution in [2.24, 2.45) is 11.7 Å². The summed E-state index contributed by atoms with van der Waals surface area (Å²) in [6.45, 7) is 4.10. The van der Waals surface area contributed by atoms with Gasteiger partial charge in [-0.15, -0.1) is 0 Å². The van der Waals surface area contributed by atoms with E-state index < -0.39 is 5.54 Å². The lowest BCUT2D eigenvalue weighted by Crippen LogP contribution is -2.51. The lowest BCUT2D eigenvalue weighted by Gasteiger charge is -2.28. The molecule has 0 aromatic heterocycles. The van der Waals surface area contributed by atoms with Gasteiger partial charge in [0.2, 0.25) is 0 Å². The first-order valence-electron chi connectivity index (χ1n) is 5.89. The molecule has 0 saturated heterocycles. The lowest BCUT2D eigenvalue weighted by molar-refractivity contribution is -0.147. The van der Waals surface area contributed by atoms with E-state index in [0.29, 0.717) is 18.8 Å². The topological polar surface area (TPSA) is 52.3 Å². The second-order valence-corrected chi connectivity index (χ2v) is 4.91. The number of carbonyl (C=O) groups excluding carboxylic acids is 1. The van der Waals surface area contributed by atoms with Crippen molar-refractivity contribution in [3.63, 3.8) is 0 Å². The maximum Gasteiger partial charge on any atom is 0.326 e. The maximum atomic E-state index is 11.8. The van der Waals surface area contributed by atoms with Gasteiger partial charge in [-0.2, -0.15) is 0 Å². The van der Waals surface area contributed by atoms with Crippen molar-refractivity contribution in [1.29, 1.82) is 0 Å². The number of ether oxygens (including phenoxy) is 1. The van der Waals surface area contributed by atoms with Crippen LogP contribution in [0.3, 0.4) is 0 Å². The first kappa shape index (κ1) is 13.7. The van der Waals surface area contributed by atoms with Crippen LogP contribution in [0.15, 0.2) is 30.3 Å². The average molecular weight is 235 g/mol. The Kier molecular flexibility index (Phi) is 4.70. The van der Waals surface area contributed by atoms with E-state index in [1.165, 1.54) is 7.11 Å². The normalized spacial score (nSPS) is 14.4. The third-order valence-electron chi connectivity index (χ3n) is 2.73. The van der Waals surface area contributed by atoms with Crippen LogP contribution in [-0.2, 0) is 16.0 Å². The number of esters is 1. The quantitative estimate of drug-likeness (QED) is 0.796. The molecule has 3 heteroatoms. The first-order chi connectivity index (χ1) is 7.98. The van der Waals surface area contributed by atoms with E-state index in [1.807, 2.05) is 30.3 Å². The van der Waals surface area contributed by atoms with Crippen LogP contribution in [0.4, 0.5) is 0 Å². The maximum absolute atomic E-state index is 11.8. The molecule has 0 radical (unpaired) electrons. The standard InChI is InChI=1S/C14H21NO2/c1-11(2)9-14(15,13(16)17-3)10-12-7-5-4-6-8-12/h4-8,11H,9-10,15H2,1-3H3. The van der Waals surface area contributed by atoms with Gasteiger partial charge in [0.05, 0.1) is 7.11 Å². The summed E-state index contributed by atoms with van der Waals surface area (Å²) in [6, 6.07) is 9.79. The third kappa shape index (κ3) is 3.86. The summed E-state index contributed by atoms with van der Waals surface area (Å²) >= 11 is 0. The molecule has 0 aliphatic heterocycles. The first-order valence-corrected chi connectivity index (χ1v) is 5.89. The molecular weight excluding hydrogens is 214 g/mol. The van der Waals surface area contributed by atoms with E-state index in [1.54, 1.807) is 0 Å². The van der Waals surface area contributed by atoms with Gasteiger partial charge in [-0.3, -0.25) is 4.79 Å². The molecule has 0 amide bonds. The van der Waals surface area contributed by atoms with Crippen LogP contribution >= 0.6 is 0 Å². The summed E-state index contributed by atoms with van der Waals surface area (Å²) in [4.78, 5) is 11.8. The zero-order chi connectivity index (χ0) is 12.9. The highest BCUT2D eigenvalue weighted by Crippen LogP contribution is 2.21. The summed E-state index contributed by atoms with van der Waals surface area (Å²) in [5, 5.41) is 0. The van der Waals surface area contributed by atoms with Crippen molar-refractivity contribution < 1.29 is 9.53 Å². The molecule has 0 aliphatic rings. The average Bonchev–Trinajstić information content (AvgIpc) is 2.28. The van der Waals surface area contributed by atoms with E-state index in [2.05, 4.69) is 13.8 Å². The minimum Gasteiger partial charge on any atom is -0.468 e. The third-order valence-corrected chi connectivity index (χ3v) is 2.73. The Balaban J connectivity index is 2.87. The monoisotopic (exact) mass is 235 g/mol. The van der Waals surface area contributed by atoms with Crippen LogP contribution in [0, 0.1) is 5.92 Å². The molecule has 17 heavy (non-hydrogen) atoms. The fourth-order valence-corrected chi connectivity index (χ4v) is 2.12. The fourth-order valence-electron chi connectivity index (χ4n) is 2.12. The van der Waals surface area contributed by atoms with Crippen LogP contribution < -0.4 is 5.73 Å². The molecule has 3 nitrogen and oxygen atoms in total. The number of benzene rings is 1. The number of nitrogens with two attached hydrogens (primary N) is 1. The molecule has 0 aliphatic carbocycles. The molecule has 94 valence electrons. The van der Waals surface area contributed by atoms with Gasteiger partial charge in [0.1, 0.15) is 5.54 Å². The smallest absolute Gasteiger partial charge is 0.326 e. The van der Waals surface area contributed by atoms with Gasteiger partial charge in [0, 0.05) is 6.42 Å². The Morgan fingerprint density at radius 3 is 2.41 bits per heavy atom. The number of carbonyl (C=O) groups is 1. The highest BCUT2D eigenvalue weighted by atomic mass is 16.5. The van der Waals surface area contributed by atoms with Crippen molar-refractivity contribution in [1.82, 2.24) is 0 Å². The molecule has 0 bridgehead atoms. The fraction of sp³-hybridized carbons (Fsp3) is 0.500. The van der Waals surface area contributed by atoms with Gasteiger partial charge in [0.25, 0.3) is 0 Å². The molecule has 0 heterocycles. The summed E-state index contributed by atoms with van der Waals surface area (Å²) < 4.78 is 4.82. The van der Waals surface area contributed by atoms with E-state index in [4.69, 9.17) is 10.5 Å². The predicted octanol–water partition coefficient (Wildman–Crippen LogP) is 2.15. The van der Waals surface area contributed by atoms with Crippen molar-refractivity contribution in [3.05, 3.63) is 35.9 Å². The molecule has 1 aromatic carbocycles. The predicted molar refractivity (Wildman–Crippen MR) is 68.5 cm³/mol. The summed E-state index contributed by atoms with van der Waals surface area (Å²) in [6.07, 6.45) is 1.13. The molecular formula is C14H21NO2.